The molecule has 0 bridgehead atoms. The van der Waals surface area contributed by atoms with Gasteiger partial charge in [0.15, 0.2) is 11.4 Å². The largest absolute Gasteiger partial charge is 0.463 e. The highest BCUT2D eigenvalue weighted by Crippen LogP contribution is 2.27. The normalized spacial score (nSPS) is 12.1. The lowest BCUT2D eigenvalue weighted by atomic mass is 9.98. The summed E-state index contributed by atoms with van der Waals surface area (Å²) in [5, 5.41) is 7.80. The maximum Gasteiger partial charge on any atom is 0.252 e. The van der Waals surface area contributed by atoms with Crippen LogP contribution in [-0.2, 0) is 18.3 Å². The maximum atomic E-state index is 13.2. The Morgan fingerprint density at radius 3 is 2.66 bits per heavy atom. The van der Waals surface area contributed by atoms with Crippen molar-refractivity contribution in [1.29, 1.82) is 0 Å². The average Bonchev–Trinajstić information content (AvgIpc) is 3.40. The van der Waals surface area contributed by atoms with Gasteiger partial charge < -0.3 is 15.5 Å². The fourth-order valence-electron chi connectivity index (χ4n) is 3.66. The minimum Gasteiger partial charge on any atom is -0.463 e. The highest BCUT2D eigenvalue weighted by atomic mass is 19.1. The summed E-state index contributed by atoms with van der Waals surface area (Å²) in [6, 6.07) is 11.0. The summed E-state index contributed by atoms with van der Waals surface area (Å²) >= 11 is 0. The number of primary amides is 1. The highest BCUT2D eigenvalue weighted by molar-refractivity contribution is 6.07. The zero-order valence-corrected chi connectivity index (χ0v) is 17.6. The predicted octanol–water partition coefficient (Wildman–Crippen LogP) is 2.75. The molecule has 2 amide bonds. The van der Waals surface area contributed by atoms with Gasteiger partial charge in [-0.2, -0.15) is 5.10 Å². The van der Waals surface area contributed by atoms with E-state index in [1.54, 1.807) is 49.0 Å². The van der Waals surface area contributed by atoms with E-state index >= 15 is 0 Å². The fraction of sp³-hybridized carbons (Fsp3) is 0.217. The number of pyridine rings is 1. The quantitative estimate of drug-likeness (QED) is 0.463. The Kier molecular flexibility index (Phi) is 5.72. The minimum atomic E-state index is -0.652. The lowest BCUT2D eigenvalue weighted by Crippen LogP contribution is -2.37. The predicted molar refractivity (Wildman–Crippen MR) is 116 cm³/mol. The Hall–Kier alpha value is -4.01. The zero-order chi connectivity index (χ0) is 22.8. The summed E-state index contributed by atoms with van der Waals surface area (Å²) in [6.45, 7) is 1.83. The van der Waals surface area contributed by atoms with Crippen molar-refractivity contribution in [3.8, 4) is 11.5 Å². The molecule has 0 spiro atoms. The van der Waals surface area contributed by atoms with Crippen molar-refractivity contribution < 1.29 is 18.4 Å². The molecule has 4 rings (SSSR count). The van der Waals surface area contributed by atoms with E-state index in [1.807, 2.05) is 0 Å². The van der Waals surface area contributed by atoms with Crippen LogP contribution >= 0.6 is 0 Å². The molecule has 0 saturated carbocycles. The molecule has 32 heavy (non-hydrogen) atoms. The van der Waals surface area contributed by atoms with Gasteiger partial charge in [-0.25, -0.2) is 9.37 Å². The Balaban J connectivity index is 1.61. The fourth-order valence-corrected chi connectivity index (χ4v) is 3.66. The van der Waals surface area contributed by atoms with E-state index in [1.165, 1.54) is 18.4 Å². The molecule has 0 fully saturated rings. The minimum absolute atomic E-state index is 0.0325. The number of fused-ring (bicyclic) bond motifs is 1. The van der Waals surface area contributed by atoms with Crippen molar-refractivity contribution in [2.24, 2.45) is 18.7 Å². The molecule has 0 aliphatic rings. The van der Waals surface area contributed by atoms with Crippen LogP contribution in [0.25, 0.3) is 22.5 Å². The Morgan fingerprint density at radius 1 is 1.25 bits per heavy atom. The van der Waals surface area contributed by atoms with Crippen LogP contribution in [0.3, 0.4) is 0 Å². The molecular weight excluding hydrogens is 413 g/mol. The summed E-state index contributed by atoms with van der Waals surface area (Å²) in [5.74, 6) is -1.43. The van der Waals surface area contributed by atoms with Gasteiger partial charge in [0.1, 0.15) is 11.5 Å². The van der Waals surface area contributed by atoms with Gasteiger partial charge in [0, 0.05) is 13.6 Å². The molecule has 4 aromatic rings. The lowest BCUT2D eigenvalue weighted by Gasteiger charge is -2.15. The van der Waals surface area contributed by atoms with E-state index < -0.39 is 11.8 Å². The highest BCUT2D eigenvalue weighted by Gasteiger charge is 2.22. The Labute approximate surface area is 183 Å². The van der Waals surface area contributed by atoms with E-state index in [0.717, 1.165) is 5.56 Å². The molecule has 0 aliphatic carbocycles. The molecule has 1 aromatic carbocycles. The first-order chi connectivity index (χ1) is 15.3. The second-order valence-electron chi connectivity index (χ2n) is 7.58. The van der Waals surface area contributed by atoms with E-state index in [9.17, 15) is 14.0 Å². The number of carbonyl (C=O) groups is 2. The van der Waals surface area contributed by atoms with E-state index in [2.05, 4.69) is 15.4 Å². The van der Waals surface area contributed by atoms with Crippen molar-refractivity contribution in [3.63, 3.8) is 0 Å². The van der Waals surface area contributed by atoms with Crippen molar-refractivity contribution in [3.05, 3.63) is 71.4 Å². The molecule has 8 nitrogen and oxygen atoms in total. The summed E-state index contributed by atoms with van der Waals surface area (Å²) in [6.07, 6.45) is 1.81. The smallest absolute Gasteiger partial charge is 0.252 e. The van der Waals surface area contributed by atoms with Gasteiger partial charge in [0.05, 0.1) is 28.8 Å². The molecule has 3 aromatic heterocycles. The second kappa shape index (κ2) is 8.62. The summed E-state index contributed by atoms with van der Waals surface area (Å²) < 4.78 is 20.2. The van der Waals surface area contributed by atoms with Crippen LogP contribution in [0.5, 0.6) is 0 Å². The van der Waals surface area contributed by atoms with Crippen LogP contribution in [0.2, 0.25) is 0 Å². The van der Waals surface area contributed by atoms with Crippen LogP contribution < -0.4 is 11.1 Å². The van der Waals surface area contributed by atoms with E-state index in [4.69, 9.17) is 10.2 Å². The number of hydrogen-bond acceptors (Lipinski definition) is 5. The number of nitrogens with two attached hydrogens (primary N) is 1. The van der Waals surface area contributed by atoms with Gasteiger partial charge in [-0.1, -0.05) is 12.1 Å². The van der Waals surface area contributed by atoms with E-state index in [0.29, 0.717) is 33.7 Å². The third-order valence-corrected chi connectivity index (χ3v) is 5.29. The number of amides is 2. The SMILES string of the molecule is Cc1nn(C)c2nc(-c3ccco3)cc(C(=O)NCC(Cc3ccc(F)cc3)C(N)=O)c12. The standard InChI is InChI=1S/C23H22FN5O3/c1-13-20-17(11-18(19-4-3-9-32-19)27-22(20)29(2)28-13)23(31)26-12-15(21(25)30)10-14-5-7-16(24)8-6-14/h3-9,11,15H,10,12H2,1-2H3,(H2,25,30)(H,26,31). The van der Waals surface area contributed by atoms with Gasteiger partial charge in [-0.3, -0.25) is 14.3 Å². The molecule has 9 heteroatoms. The first-order valence-corrected chi connectivity index (χ1v) is 10.0. The van der Waals surface area contributed by atoms with Crippen LogP contribution in [0.15, 0.2) is 53.1 Å². The van der Waals surface area contributed by atoms with Crippen LogP contribution in [-0.4, -0.2) is 33.1 Å². The first-order valence-electron chi connectivity index (χ1n) is 10.0. The van der Waals surface area contributed by atoms with Crippen LogP contribution in [0, 0.1) is 18.7 Å². The number of aromatic nitrogens is 3. The molecule has 0 saturated heterocycles. The second-order valence-corrected chi connectivity index (χ2v) is 7.58. The van der Waals surface area contributed by atoms with Crippen molar-refractivity contribution in [1.82, 2.24) is 20.1 Å². The molecular formula is C23H22FN5O3. The number of benzene rings is 1. The molecule has 1 atom stereocenters. The molecule has 164 valence electrons. The number of rotatable bonds is 7. The number of nitrogens with one attached hydrogen (secondary N) is 1. The van der Waals surface area contributed by atoms with Crippen LogP contribution in [0.4, 0.5) is 4.39 Å². The summed E-state index contributed by atoms with van der Waals surface area (Å²) in [4.78, 5) is 29.7. The van der Waals surface area contributed by atoms with E-state index in [-0.39, 0.29) is 24.7 Å². The Morgan fingerprint density at radius 2 is 2.00 bits per heavy atom. The lowest BCUT2D eigenvalue weighted by molar-refractivity contribution is -0.121. The summed E-state index contributed by atoms with van der Waals surface area (Å²) in [5.41, 5.74) is 8.36. The molecule has 3 N–H and O–H groups in total. The van der Waals surface area contributed by atoms with Gasteiger partial charge in [0.2, 0.25) is 5.91 Å². The molecule has 0 radical (unpaired) electrons. The maximum absolute atomic E-state index is 13.2. The average molecular weight is 435 g/mol. The Bertz CT molecular complexity index is 1280. The third-order valence-electron chi connectivity index (χ3n) is 5.29. The van der Waals surface area contributed by atoms with Crippen LogP contribution in [0.1, 0.15) is 21.6 Å². The number of aryl methyl sites for hydroxylation is 2. The zero-order valence-electron chi connectivity index (χ0n) is 17.6. The summed E-state index contributed by atoms with van der Waals surface area (Å²) in [7, 11) is 1.75. The number of hydrogen-bond donors (Lipinski definition) is 2. The number of furan rings is 1. The number of nitrogens with zero attached hydrogens (tertiary/aromatic N) is 3. The van der Waals surface area contributed by atoms with Gasteiger partial charge in [-0.15, -0.1) is 0 Å². The van der Waals surface area contributed by atoms with Crippen molar-refractivity contribution >= 4 is 22.8 Å². The first kappa shape index (κ1) is 21.2. The van der Waals surface area contributed by atoms with Gasteiger partial charge in [0.25, 0.3) is 5.91 Å². The van der Waals surface area contributed by atoms with Gasteiger partial charge >= 0.3 is 0 Å². The van der Waals surface area contributed by atoms with Gasteiger partial charge in [-0.05, 0) is 49.2 Å². The number of carbonyl (C=O) groups excluding carboxylic acids is 2. The molecule has 0 aliphatic heterocycles. The third kappa shape index (κ3) is 4.22. The van der Waals surface area contributed by atoms with Crippen molar-refractivity contribution in [2.75, 3.05) is 6.54 Å². The van der Waals surface area contributed by atoms with Crippen molar-refractivity contribution in [2.45, 2.75) is 13.3 Å². The monoisotopic (exact) mass is 435 g/mol. The number of halogens is 1. The molecule has 1 unspecified atom stereocenters. The molecule has 3 heterocycles. The topological polar surface area (TPSA) is 116 Å².